The van der Waals surface area contributed by atoms with Crippen molar-refractivity contribution in [2.45, 2.75) is 46.5 Å². The van der Waals surface area contributed by atoms with Crippen LogP contribution >= 0.6 is 0 Å². The van der Waals surface area contributed by atoms with Crippen molar-refractivity contribution in [3.05, 3.63) is 41.7 Å². The van der Waals surface area contributed by atoms with Gasteiger partial charge in [-0.25, -0.2) is 0 Å². The van der Waals surface area contributed by atoms with Gasteiger partial charge in [0.05, 0.1) is 6.20 Å². The number of nitrogens with one attached hydrogen (secondary N) is 1. The van der Waals surface area contributed by atoms with Crippen molar-refractivity contribution in [3.63, 3.8) is 0 Å². The minimum absolute atomic E-state index is 0. The Morgan fingerprint density at radius 3 is 2.46 bits per heavy atom. The van der Waals surface area contributed by atoms with Gasteiger partial charge in [-0.3, -0.25) is 14.6 Å². The standard InChI is InChI=1S/C13H14N2O.C8H17N.FH.2H2/c1-3-10-6-4-5-7-11(10)12-8-14-15-13(12)9(2)16;1-3-8-4-6-9(2)7-5-8;;;/h4-8H,3H2,1-2H3,(H,14,15);8H,3-7H2,1-2H3;3*1H. The Labute approximate surface area is 159 Å². The molecule has 1 saturated heterocycles. The lowest BCUT2D eigenvalue weighted by atomic mass is 9.95. The Morgan fingerprint density at radius 1 is 1.23 bits per heavy atom. The summed E-state index contributed by atoms with van der Waals surface area (Å²) in [5, 5.41) is 6.70. The Balaban J connectivity index is 0. The van der Waals surface area contributed by atoms with E-state index in [9.17, 15) is 4.79 Å². The zero-order valence-corrected chi connectivity index (χ0v) is 16.4. The van der Waals surface area contributed by atoms with Crippen LogP contribution in [0.5, 0.6) is 0 Å². The van der Waals surface area contributed by atoms with Crippen molar-refractivity contribution in [3.8, 4) is 11.1 Å². The molecule has 1 aromatic heterocycles. The van der Waals surface area contributed by atoms with Crippen molar-refractivity contribution < 1.29 is 12.4 Å². The number of nitrogens with zero attached hydrogens (tertiary/aromatic N) is 2. The van der Waals surface area contributed by atoms with Gasteiger partial charge < -0.3 is 4.90 Å². The maximum atomic E-state index is 11.4. The molecule has 0 spiro atoms. The fourth-order valence-electron chi connectivity index (χ4n) is 3.32. The molecule has 1 fully saturated rings. The second-order valence-electron chi connectivity index (χ2n) is 6.88. The number of Topliss-reactive ketones (excluding diaryl/α,β-unsaturated/α-hetero) is 1. The van der Waals surface area contributed by atoms with Crippen molar-refractivity contribution in [2.24, 2.45) is 5.92 Å². The largest absolute Gasteiger partial charge is 0.306 e. The molecule has 1 aromatic carbocycles. The molecule has 0 aliphatic carbocycles. The third-order valence-electron chi connectivity index (χ3n) is 5.10. The fraction of sp³-hybridized carbons (Fsp3) is 0.524. The molecular formula is C21H36FN3O. The van der Waals surface area contributed by atoms with E-state index in [1.165, 1.54) is 37.9 Å². The predicted octanol–water partition coefficient (Wildman–Crippen LogP) is 5.22. The lowest BCUT2D eigenvalue weighted by molar-refractivity contribution is 0.101. The molecule has 1 aliphatic heterocycles. The van der Waals surface area contributed by atoms with E-state index in [1.54, 1.807) is 13.1 Å². The van der Waals surface area contributed by atoms with Crippen molar-refractivity contribution in [1.29, 1.82) is 0 Å². The molecule has 0 bridgehead atoms. The molecule has 1 aliphatic rings. The van der Waals surface area contributed by atoms with Crippen LogP contribution in [0.25, 0.3) is 11.1 Å². The van der Waals surface area contributed by atoms with E-state index >= 15 is 0 Å². The van der Waals surface area contributed by atoms with Crippen molar-refractivity contribution in [2.75, 3.05) is 20.1 Å². The zero-order chi connectivity index (χ0) is 18.2. The maximum Gasteiger partial charge on any atom is 0.178 e. The van der Waals surface area contributed by atoms with Crippen LogP contribution in [0, 0.1) is 5.92 Å². The molecule has 0 radical (unpaired) electrons. The number of likely N-dealkylation sites (tertiary alicyclic amines) is 1. The summed E-state index contributed by atoms with van der Waals surface area (Å²) in [6.45, 7) is 8.59. The summed E-state index contributed by atoms with van der Waals surface area (Å²) in [6, 6.07) is 8.09. The average Bonchev–Trinajstić information content (AvgIpc) is 3.13. The number of ketones is 1. The van der Waals surface area contributed by atoms with E-state index in [-0.39, 0.29) is 13.3 Å². The third-order valence-corrected chi connectivity index (χ3v) is 5.10. The number of aromatic nitrogens is 2. The number of aryl methyl sites for hydroxylation is 1. The van der Waals surface area contributed by atoms with Crippen molar-refractivity contribution >= 4 is 5.78 Å². The fourth-order valence-corrected chi connectivity index (χ4v) is 3.32. The van der Waals surface area contributed by atoms with Gasteiger partial charge in [-0.1, -0.05) is 44.5 Å². The molecule has 4 nitrogen and oxygen atoms in total. The van der Waals surface area contributed by atoms with Gasteiger partial charge >= 0.3 is 0 Å². The molecule has 26 heavy (non-hydrogen) atoms. The number of aromatic amines is 1. The smallest absolute Gasteiger partial charge is 0.178 e. The molecule has 0 atom stereocenters. The third kappa shape index (κ3) is 5.77. The number of benzene rings is 1. The second-order valence-corrected chi connectivity index (χ2v) is 6.88. The van der Waals surface area contributed by atoms with Gasteiger partial charge in [0.2, 0.25) is 0 Å². The van der Waals surface area contributed by atoms with Gasteiger partial charge in [0.1, 0.15) is 5.69 Å². The zero-order valence-electron chi connectivity index (χ0n) is 16.4. The summed E-state index contributed by atoms with van der Waals surface area (Å²) in [5.41, 5.74) is 3.79. The van der Waals surface area contributed by atoms with Gasteiger partial charge in [-0.05, 0) is 56.4 Å². The number of piperidine rings is 1. The van der Waals surface area contributed by atoms with E-state index in [1.807, 2.05) is 18.2 Å². The van der Waals surface area contributed by atoms with Gasteiger partial charge in [0.15, 0.2) is 5.78 Å². The lowest BCUT2D eigenvalue weighted by Crippen LogP contribution is -2.29. The number of hydrogen-bond acceptors (Lipinski definition) is 3. The molecule has 0 saturated carbocycles. The molecule has 0 amide bonds. The van der Waals surface area contributed by atoms with Crippen LogP contribution in [0.3, 0.4) is 0 Å². The summed E-state index contributed by atoms with van der Waals surface area (Å²) >= 11 is 0. The van der Waals surface area contributed by atoms with Gasteiger partial charge in [0.25, 0.3) is 0 Å². The van der Waals surface area contributed by atoms with Crippen LogP contribution in [-0.4, -0.2) is 41.0 Å². The molecule has 5 heteroatoms. The summed E-state index contributed by atoms with van der Waals surface area (Å²) in [6.07, 6.45) is 6.89. The highest BCUT2D eigenvalue weighted by atomic mass is 19.0. The monoisotopic (exact) mass is 365 g/mol. The number of carbonyl (C=O) groups excluding carboxylic acids is 1. The van der Waals surface area contributed by atoms with Crippen LogP contribution in [-0.2, 0) is 6.42 Å². The highest BCUT2D eigenvalue weighted by Crippen LogP contribution is 2.26. The number of rotatable bonds is 4. The summed E-state index contributed by atoms with van der Waals surface area (Å²) < 4.78 is 0. The average molecular weight is 366 g/mol. The molecular weight excluding hydrogens is 329 g/mol. The minimum atomic E-state index is 0. The molecule has 1 N–H and O–H groups in total. The van der Waals surface area contributed by atoms with E-state index in [0.29, 0.717) is 5.69 Å². The Kier molecular flexibility index (Phi) is 9.21. The minimum Gasteiger partial charge on any atom is -0.306 e. The van der Waals surface area contributed by atoms with E-state index in [4.69, 9.17) is 0 Å². The van der Waals surface area contributed by atoms with Crippen LogP contribution in [0.2, 0.25) is 0 Å². The Bertz CT molecular complexity index is 686. The van der Waals surface area contributed by atoms with E-state index in [0.717, 1.165) is 23.5 Å². The van der Waals surface area contributed by atoms with Gasteiger partial charge in [0, 0.05) is 15.3 Å². The highest BCUT2D eigenvalue weighted by molar-refractivity contribution is 5.99. The van der Waals surface area contributed by atoms with Gasteiger partial charge in [-0.15, -0.1) is 0 Å². The van der Waals surface area contributed by atoms with Crippen molar-refractivity contribution in [1.82, 2.24) is 15.1 Å². The SMILES string of the molecule is CCC1CCN(C)CC1.CCc1ccccc1-c1cn[nH]c1C(C)=O.F.[HH].[HH]. The van der Waals surface area contributed by atoms with Crippen LogP contribution in [0.4, 0.5) is 4.70 Å². The highest BCUT2D eigenvalue weighted by Gasteiger charge is 2.14. The van der Waals surface area contributed by atoms with Crippen LogP contribution in [0.1, 0.15) is 58.9 Å². The lowest BCUT2D eigenvalue weighted by Gasteiger charge is -2.27. The van der Waals surface area contributed by atoms with Gasteiger partial charge in [-0.2, -0.15) is 5.10 Å². The first kappa shape index (κ1) is 22.0. The number of carbonyl (C=O) groups is 1. The molecule has 2 heterocycles. The first-order valence-electron chi connectivity index (χ1n) is 9.37. The Morgan fingerprint density at radius 2 is 1.88 bits per heavy atom. The molecule has 0 unspecified atom stereocenters. The number of halogens is 1. The summed E-state index contributed by atoms with van der Waals surface area (Å²) in [5.74, 6) is 1.04. The first-order valence-corrected chi connectivity index (χ1v) is 9.37. The predicted molar refractivity (Wildman–Crippen MR) is 111 cm³/mol. The summed E-state index contributed by atoms with van der Waals surface area (Å²) in [4.78, 5) is 13.9. The Hall–Kier alpha value is -2.01. The molecule has 2 aromatic rings. The van der Waals surface area contributed by atoms with E-state index < -0.39 is 0 Å². The molecule has 148 valence electrons. The van der Waals surface area contributed by atoms with E-state index in [2.05, 4.69) is 42.1 Å². The quantitative estimate of drug-likeness (QED) is 0.755. The van der Waals surface area contributed by atoms with Crippen LogP contribution < -0.4 is 0 Å². The maximum absolute atomic E-state index is 11.4. The van der Waals surface area contributed by atoms with Crippen LogP contribution in [0.15, 0.2) is 30.5 Å². The topological polar surface area (TPSA) is 49.0 Å². The summed E-state index contributed by atoms with van der Waals surface area (Å²) in [7, 11) is 2.21. The first-order chi connectivity index (χ1) is 12.1. The second kappa shape index (κ2) is 10.9. The number of H-pyrrole nitrogens is 1. The molecule has 3 rings (SSSR count). The normalized spacial score (nSPS) is 14.9. The number of hydrogen-bond donors (Lipinski definition) is 1.